The van der Waals surface area contributed by atoms with Crippen LogP contribution in [0, 0.1) is 23.4 Å². The van der Waals surface area contributed by atoms with Gasteiger partial charge in [-0.05, 0) is 84.3 Å². The molecule has 5 aliphatic heterocycles. The summed E-state index contributed by atoms with van der Waals surface area (Å²) in [6.07, 6.45) is 2.23. The standard InChI is InChI=1S/C45H46F3N5O6/c1-58-41-20-27(2-6-34(41)46)33-25-59-40-21-30(54)4-5-31(40)43(33)28-3-7-37(35(47)18-28)51-12-10-26(11-13-51)23-50-14-16-52(17-15-50)39-19-29-24-53(45(57)32(29)22-36(39)48)38-8-9-42(55)49-44(38)56/h2-7,18-22,26,33,38,43,54H,8-17,23-25H2,1H3,(H,49,55,56)/t33?,38?,43-/m1/s1. The average Bonchev–Trinajstić information content (AvgIpc) is 3.54. The van der Waals surface area contributed by atoms with Crippen LogP contribution in [0.4, 0.5) is 24.5 Å². The highest BCUT2D eigenvalue weighted by molar-refractivity contribution is 6.05. The highest BCUT2D eigenvalue weighted by atomic mass is 19.1. The van der Waals surface area contributed by atoms with E-state index in [1.807, 2.05) is 17.0 Å². The molecule has 0 aliphatic carbocycles. The first kappa shape index (κ1) is 38.7. The van der Waals surface area contributed by atoms with E-state index in [0.717, 1.165) is 49.2 Å². The molecule has 2 N–H and O–H groups in total. The number of piperazine rings is 1. The topological polar surface area (TPSA) is 115 Å². The predicted octanol–water partition coefficient (Wildman–Crippen LogP) is 5.93. The second-order valence-electron chi connectivity index (χ2n) is 16.3. The molecule has 3 fully saturated rings. The largest absolute Gasteiger partial charge is 0.508 e. The summed E-state index contributed by atoms with van der Waals surface area (Å²) in [5.74, 6) is -1.90. The summed E-state index contributed by atoms with van der Waals surface area (Å²) in [7, 11) is 1.42. The molecule has 9 rings (SSSR count). The summed E-state index contributed by atoms with van der Waals surface area (Å²) < 4.78 is 57.3. The third-order valence-corrected chi connectivity index (χ3v) is 12.9. The van der Waals surface area contributed by atoms with Gasteiger partial charge in [-0.3, -0.25) is 24.6 Å². The molecule has 11 nitrogen and oxygen atoms in total. The van der Waals surface area contributed by atoms with Crippen molar-refractivity contribution in [1.29, 1.82) is 0 Å². The number of methoxy groups -OCH3 is 1. The fourth-order valence-electron chi connectivity index (χ4n) is 9.69. The number of amides is 3. The van der Waals surface area contributed by atoms with Gasteiger partial charge in [0.1, 0.15) is 29.2 Å². The summed E-state index contributed by atoms with van der Waals surface area (Å²) in [6, 6.07) is 17.4. The van der Waals surface area contributed by atoms with Gasteiger partial charge in [0.25, 0.3) is 5.91 Å². The molecule has 5 aliphatic rings. The van der Waals surface area contributed by atoms with E-state index in [2.05, 4.69) is 15.1 Å². The Hall–Kier alpha value is -5.76. The maximum Gasteiger partial charge on any atom is 0.255 e. The molecule has 0 aromatic heterocycles. The van der Waals surface area contributed by atoms with Crippen molar-refractivity contribution >= 4 is 29.1 Å². The predicted molar refractivity (Wildman–Crippen MR) is 214 cm³/mol. The normalized spacial score (nSPS) is 22.5. The summed E-state index contributed by atoms with van der Waals surface area (Å²) in [5, 5.41) is 12.5. The number of halogens is 3. The van der Waals surface area contributed by atoms with Gasteiger partial charge in [0.15, 0.2) is 11.6 Å². The fraction of sp³-hybridized carbons (Fsp3) is 0.400. The number of ether oxygens (including phenoxy) is 2. The summed E-state index contributed by atoms with van der Waals surface area (Å²) in [6.45, 7) is 5.56. The number of imide groups is 1. The van der Waals surface area contributed by atoms with Crippen LogP contribution in [0.5, 0.6) is 17.2 Å². The van der Waals surface area contributed by atoms with Crippen LogP contribution in [-0.4, -0.2) is 98.2 Å². The molecule has 59 heavy (non-hydrogen) atoms. The van der Waals surface area contributed by atoms with Crippen molar-refractivity contribution in [2.45, 2.75) is 50.1 Å². The van der Waals surface area contributed by atoms with Crippen molar-refractivity contribution in [3.63, 3.8) is 0 Å². The number of hydrogen-bond acceptors (Lipinski definition) is 9. The number of hydrogen-bond donors (Lipinski definition) is 2. The molecule has 308 valence electrons. The fourth-order valence-corrected chi connectivity index (χ4v) is 9.69. The minimum Gasteiger partial charge on any atom is -0.508 e. The van der Waals surface area contributed by atoms with E-state index in [0.29, 0.717) is 54.8 Å². The van der Waals surface area contributed by atoms with Gasteiger partial charge in [-0.2, -0.15) is 0 Å². The van der Waals surface area contributed by atoms with E-state index in [-0.39, 0.29) is 66.6 Å². The van der Waals surface area contributed by atoms with E-state index in [9.17, 15) is 23.9 Å². The van der Waals surface area contributed by atoms with Gasteiger partial charge in [0.05, 0.1) is 25.1 Å². The van der Waals surface area contributed by atoms with Gasteiger partial charge in [-0.15, -0.1) is 0 Å². The summed E-state index contributed by atoms with van der Waals surface area (Å²) >= 11 is 0. The van der Waals surface area contributed by atoms with E-state index < -0.39 is 29.5 Å². The van der Waals surface area contributed by atoms with Gasteiger partial charge in [0.2, 0.25) is 11.8 Å². The van der Waals surface area contributed by atoms with Crippen LogP contribution < -0.4 is 24.6 Å². The molecule has 4 aromatic rings. The lowest BCUT2D eigenvalue weighted by Crippen LogP contribution is -2.52. The summed E-state index contributed by atoms with van der Waals surface area (Å²) in [4.78, 5) is 45.2. The molecule has 4 aromatic carbocycles. The number of piperidine rings is 2. The summed E-state index contributed by atoms with van der Waals surface area (Å²) in [5.41, 5.74) is 4.32. The van der Waals surface area contributed by atoms with Crippen molar-refractivity contribution in [2.24, 2.45) is 5.92 Å². The number of carbonyl (C=O) groups excluding carboxylic acids is 3. The number of carbonyl (C=O) groups is 3. The molecule has 3 saturated heterocycles. The van der Waals surface area contributed by atoms with Crippen LogP contribution in [0.1, 0.15) is 70.1 Å². The third-order valence-electron chi connectivity index (χ3n) is 12.9. The minimum absolute atomic E-state index is 0.0735. The zero-order chi connectivity index (χ0) is 40.9. The number of anilines is 2. The Morgan fingerprint density at radius 1 is 0.797 bits per heavy atom. The lowest BCUT2D eigenvalue weighted by molar-refractivity contribution is -0.136. The van der Waals surface area contributed by atoms with Crippen molar-refractivity contribution < 1.29 is 42.1 Å². The highest BCUT2D eigenvalue weighted by Gasteiger charge is 2.40. The van der Waals surface area contributed by atoms with Crippen molar-refractivity contribution in [3.05, 3.63) is 112 Å². The number of nitrogens with one attached hydrogen (secondary N) is 1. The quantitative estimate of drug-likeness (QED) is 0.209. The molecule has 3 amide bonds. The Bertz CT molecular complexity index is 2310. The monoisotopic (exact) mass is 809 g/mol. The maximum absolute atomic E-state index is 16.2. The molecular formula is C45H46F3N5O6. The molecule has 0 spiro atoms. The van der Waals surface area contributed by atoms with E-state index >= 15 is 8.78 Å². The Balaban J connectivity index is 0.815. The first-order valence-electron chi connectivity index (χ1n) is 20.3. The molecule has 2 unspecified atom stereocenters. The van der Waals surface area contributed by atoms with E-state index in [1.165, 1.54) is 24.1 Å². The molecule has 14 heteroatoms. The number of nitrogens with zero attached hydrogens (tertiary/aromatic N) is 4. The van der Waals surface area contributed by atoms with Gasteiger partial charge < -0.3 is 29.3 Å². The van der Waals surface area contributed by atoms with Crippen LogP contribution in [-0.2, 0) is 16.1 Å². The highest BCUT2D eigenvalue weighted by Crippen LogP contribution is 2.48. The third kappa shape index (κ3) is 7.43. The SMILES string of the molecule is COc1cc(C2COc3cc(O)ccc3[C@H]2c2ccc(N3CCC(CN4CCN(c5cc6c(cc5F)C(=O)N(C5CCC(=O)NC5=O)C6)CC4)CC3)c(F)c2)ccc1F. The van der Waals surface area contributed by atoms with E-state index in [1.54, 1.807) is 42.5 Å². The number of fused-ring (bicyclic) bond motifs is 2. The van der Waals surface area contributed by atoms with Crippen LogP contribution in [0.3, 0.4) is 0 Å². The maximum atomic E-state index is 16.2. The number of rotatable bonds is 8. The zero-order valence-corrected chi connectivity index (χ0v) is 32.8. The van der Waals surface area contributed by atoms with Crippen LogP contribution in [0.15, 0.2) is 66.7 Å². The molecule has 5 heterocycles. The van der Waals surface area contributed by atoms with Crippen LogP contribution in [0.25, 0.3) is 0 Å². The molecule has 0 bridgehead atoms. The first-order valence-corrected chi connectivity index (χ1v) is 20.3. The number of aromatic hydroxyl groups is 1. The lowest BCUT2D eigenvalue weighted by Gasteiger charge is -2.40. The first-order chi connectivity index (χ1) is 28.5. The van der Waals surface area contributed by atoms with E-state index in [4.69, 9.17) is 9.47 Å². The Kier molecular flexibility index (Phi) is 10.4. The number of benzene rings is 4. The van der Waals surface area contributed by atoms with Crippen molar-refractivity contribution in [2.75, 3.05) is 69.3 Å². The Labute approximate surface area is 340 Å². The number of phenolic OH excluding ortho intramolecular Hbond substituents is 1. The zero-order valence-electron chi connectivity index (χ0n) is 32.8. The van der Waals surface area contributed by atoms with Crippen LogP contribution in [0.2, 0.25) is 0 Å². The van der Waals surface area contributed by atoms with Gasteiger partial charge >= 0.3 is 0 Å². The van der Waals surface area contributed by atoms with Crippen LogP contribution >= 0.6 is 0 Å². The minimum atomic E-state index is -0.749. The van der Waals surface area contributed by atoms with Gasteiger partial charge in [-0.1, -0.05) is 18.2 Å². The molecule has 3 atom stereocenters. The van der Waals surface area contributed by atoms with Gasteiger partial charge in [0, 0.05) is 87.8 Å². The van der Waals surface area contributed by atoms with Crippen molar-refractivity contribution in [3.8, 4) is 17.2 Å². The smallest absolute Gasteiger partial charge is 0.255 e. The second kappa shape index (κ2) is 15.8. The second-order valence-corrected chi connectivity index (χ2v) is 16.3. The van der Waals surface area contributed by atoms with Crippen molar-refractivity contribution in [1.82, 2.24) is 15.1 Å². The average molecular weight is 810 g/mol. The van der Waals surface area contributed by atoms with Gasteiger partial charge in [-0.25, -0.2) is 13.2 Å². The molecular weight excluding hydrogens is 764 g/mol. The Morgan fingerprint density at radius 2 is 1.54 bits per heavy atom. The molecule has 0 saturated carbocycles. The lowest BCUT2D eigenvalue weighted by atomic mass is 9.75. The number of phenols is 1. The molecule has 0 radical (unpaired) electrons. The Morgan fingerprint density at radius 3 is 2.29 bits per heavy atom.